The lowest BCUT2D eigenvalue weighted by Gasteiger charge is -2.29. The van der Waals surface area contributed by atoms with Crippen molar-refractivity contribution in [2.75, 3.05) is 20.6 Å². The maximum atomic E-state index is 10.6. The maximum absolute atomic E-state index is 10.6. The van der Waals surface area contributed by atoms with Crippen LogP contribution in [0.25, 0.3) is 0 Å². The van der Waals surface area contributed by atoms with E-state index in [-0.39, 0.29) is 6.17 Å². The molecule has 0 aliphatic rings. The van der Waals surface area contributed by atoms with E-state index in [4.69, 9.17) is 5.11 Å². The zero-order chi connectivity index (χ0) is 9.02. The zero-order valence-electron chi connectivity index (χ0n) is 7.53. The molecule has 0 saturated carbocycles. The van der Waals surface area contributed by atoms with Gasteiger partial charge in [0.2, 0.25) is 0 Å². The normalized spacial score (nSPS) is 13.2. The van der Waals surface area contributed by atoms with Crippen LogP contribution in [0.5, 0.6) is 0 Å². The first-order valence-electron chi connectivity index (χ1n) is 3.66. The molecule has 0 aromatic heterocycles. The number of hydrogen-bond donors (Lipinski definition) is 1. The maximum Gasteiger partial charge on any atom is 0.408 e. The van der Waals surface area contributed by atoms with Crippen LogP contribution in [0, 0.1) is 0 Å². The molecule has 0 heterocycles. The summed E-state index contributed by atoms with van der Waals surface area (Å²) in [5, 5.41) is 8.69. The minimum atomic E-state index is -0.867. The van der Waals surface area contributed by atoms with Crippen molar-refractivity contribution in [2.24, 2.45) is 0 Å². The quantitative estimate of drug-likeness (QED) is 0.624. The van der Waals surface area contributed by atoms with Crippen molar-refractivity contribution >= 4 is 6.09 Å². The lowest BCUT2D eigenvalue weighted by atomic mass is 10.4. The van der Waals surface area contributed by atoms with Gasteiger partial charge in [0.1, 0.15) is 0 Å². The van der Waals surface area contributed by atoms with E-state index in [1.165, 1.54) is 4.90 Å². The molecular weight excluding hydrogens is 144 g/mol. The van der Waals surface area contributed by atoms with Gasteiger partial charge in [-0.05, 0) is 27.9 Å². The van der Waals surface area contributed by atoms with Gasteiger partial charge in [-0.3, -0.25) is 9.80 Å². The Kier molecular flexibility index (Phi) is 3.89. The largest absolute Gasteiger partial charge is 0.465 e. The summed E-state index contributed by atoms with van der Waals surface area (Å²) in [6.07, 6.45) is -0.925. The van der Waals surface area contributed by atoms with E-state index in [1.807, 2.05) is 32.8 Å². The first kappa shape index (κ1) is 10.2. The zero-order valence-corrected chi connectivity index (χ0v) is 7.53. The van der Waals surface area contributed by atoms with Crippen molar-refractivity contribution < 1.29 is 9.90 Å². The molecule has 0 aromatic carbocycles. The van der Waals surface area contributed by atoms with Crippen LogP contribution in [-0.4, -0.2) is 47.8 Å². The molecule has 1 amide bonds. The summed E-state index contributed by atoms with van der Waals surface area (Å²) >= 11 is 0. The molecule has 0 aromatic rings. The highest BCUT2D eigenvalue weighted by Gasteiger charge is 2.17. The summed E-state index contributed by atoms with van der Waals surface area (Å²) in [6, 6.07) is 0. The molecule has 0 rings (SSSR count). The molecule has 0 aliphatic carbocycles. The van der Waals surface area contributed by atoms with Crippen LogP contribution in [0.15, 0.2) is 0 Å². The predicted molar refractivity (Wildman–Crippen MR) is 43.6 cm³/mol. The summed E-state index contributed by atoms with van der Waals surface area (Å²) in [5.41, 5.74) is 0. The highest BCUT2D eigenvalue weighted by molar-refractivity contribution is 5.65. The second kappa shape index (κ2) is 4.18. The smallest absolute Gasteiger partial charge is 0.408 e. The van der Waals surface area contributed by atoms with Gasteiger partial charge in [0.15, 0.2) is 0 Å². The van der Waals surface area contributed by atoms with Gasteiger partial charge in [-0.1, -0.05) is 0 Å². The average molecular weight is 160 g/mol. The van der Waals surface area contributed by atoms with E-state index in [0.717, 1.165) is 0 Å². The Balaban J connectivity index is 4.14. The van der Waals surface area contributed by atoms with Crippen molar-refractivity contribution in [2.45, 2.75) is 20.0 Å². The second-order valence-electron chi connectivity index (χ2n) is 2.66. The van der Waals surface area contributed by atoms with Gasteiger partial charge in [-0.25, -0.2) is 4.79 Å². The highest BCUT2D eigenvalue weighted by atomic mass is 16.4. The van der Waals surface area contributed by atoms with E-state index in [0.29, 0.717) is 6.54 Å². The Morgan fingerprint density at radius 3 is 2.09 bits per heavy atom. The van der Waals surface area contributed by atoms with Crippen LogP contribution in [0.1, 0.15) is 13.8 Å². The molecule has 0 aliphatic heterocycles. The third kappa shape index (κ3) is 2.76. The lowest BCUT2D eigenvalue weighted by molar-refractivity contribution is 0.0828. The van der Waals surface area contributed by atoms with Crippen LogP contribution < -0.4 is 0 Å². The standard InChI is InChI=1S/C7H16N2O2/c1-5-9(7(10)11)6(2)8(3)4/h6H,5H2,1-4H3,(H,10,11). The van der Waals surface area contributed by atoms with Gasteiger partial charge >= 0.3 is 6.09 Å². The van der Waals surface area contributed by atoms with E-state index in [9.17, 15) is 4.79 Å². The summed E-state index contributed by atoms with van der Waals surface area (Å²) in [5.74, 6) is 0. The second-order valence-corrected chi connectivity index (χ2v) is 2.66. The Hall–Kier alpha value is -0.770. The van der Waals surface area contributed by atoms with E-state index >= 15 is 0 Å². The molecule has 1 atom stereocenters. The van der Waals surface area contributed by atoms with Gasteiger partial charge in [0, 0.05) is 6.54 Å². The third-order valence-corrected chi connectivity index (χ3v) is 1.78. The number of carboxylic acid groups (broad SMARTS) is 1. The van der Waals surface area contributed by atoms with Crippen LogP contribution >= 0.6 is 0 Å². The first-order chi connectivity index (χ1) is 5.00. The molecule has 11 heavy (non-hydrogen) atoms. The highest BCUT2D eigenvalue weighted by Crippen LogP contribution is 2.00. The summed E-state index contributed by atoms with van der Waals surface area (Å²) in [4.78, 5) is 13.8. The third-order valence-electron chi connectivity index (χ3n) is 1.78. The number of amides is 1. The molecule has 1 unspecified atom stereocenters. The van der Waals surface area contributed by atoms with Gasteiger partial charge < -0.3 is 5.11 Å². The summed E-state index contributed by atoms with van der Waals surface area (Å²) in [7, 11) is 3.71. The van der Waals surface area contributed by atoms with Crippen LogP contribution in [-0.2, 0) is 0 Å². The number of hydrogen-bond acceptors (Lipinski definition) is 2. The van der Waals surface area contributed by atoms with Crippen molar-refractivity contribution in [3.05, 3.63) is 0 Å². The van der Waals surface area contributed by atoms with Gasteiger partial charge in [-0.15, -0.1) is 0 Å². The number of rotatable bonds is 3. The molecule has 4 nitrogen and oxygen atoms in total. The molecule has 0 radical (unpaired) electrons. The predicted octanol–water partition coefficient (Wildman–Crippen LogP) is 0.894. The molecule has 0 bridgehead atoms. The van der Waals surface area contributed by atoms with Gasteiger partial charge in [-0.2, -0.15) is 0 Å². The first-order valence-corrected chi connectivity index (χ1v) is 3.66. The van der Waals surface area contributed by atoms with Crippen molar-refractivity contribution in [3.63, 3.8) is 0 Å². The van der Waals surface area contributed by atoms with Gasteiger partial charge in [0.25, 0.3) is 0 Å². The van der Waals surface area contributed by atoms with Crippen LogP contribution in [0.4, 0.5) is 4.79 Å². The molecule has 1 N–H and O–H groups in total. The molecule has 0 fully saturated rings. The Bertz CT molecular complexity index is 136. The monoisotopic (exact) mass is 160 g/mol. The average Bonchev–Trinajstić information content (AvgIpc) is 1.88. The topological polar surface area (TPSA) is 43.8 Å². The fourth-order valence-electron chi connectivity index (χ4n) is 0.838. The van der Waals surface area contributed by atoms with E-state index in [2.05, 4.69) is 0 Å². The number of carbonyl (C=O) groups is 1. The Labute approximate surface area is 67.4 Å². The molecular formula is C7H16N2O2. The number of nitrogens with zero attached hydrogens (tertiary/aromatic N) is 2. The SMILES string of the molecule is CCN(C(=O)O)C(C)N(C)C. The van der Waals surface area contributed by atoms with Crippen molar-refractivity contribution in [1.82, 2.24) is 9.80 Å². The summed E-state index contributed by atoms with van der Waals surface area (Å²) < 4.78 is 0. The minimum absolute atomic E-state index is 0.0579. The van der Waals surface area contributed by atoms with Crippen LogP contribution in [0.2, 0.25) is 0 Å². The minimum Gasteiger partial charge on any atom is -0.465 e. The van der Waals surface area contributed by atoms with E-state index < -0.39 is 6.09 Å². The molecule has 66 valence electrons. The Morgan fingerprint density at radius 1 is 1.55 bits per heavy atom. The fraction of sp³-hybridized carbons (Fsp3) is 0.857. The van der Waals surface area contributed by atoms with E-state index in [1.54, 1.807) is 0 Å². The van der Waals surface area contributed by atoms with Crippen molar-refractivity contribution in [1.29, 1.82) is 0 Å². The van der Waals surface area contributed by atoms with Crippen LogP contribution in [0.3, 0.4) is 0 Å². The summed E-state index contributed by atoms with van der Waals surface area (Å²) in [6.45, 7) is 4.21. The molecule has 0 spiro atoms. The van der Waals surface area contributed by atoms with Gasteiger partial charge in [0.05, 0.1) is 6.17 Å². The lowest BCUT2D eigenvalue weighted by Crippen LogP contribution is -2.45. The van der Waals surface area contributed by atoms with Crippen molar-refractivity contribution in [3.8, 4) is 0 Å². The Morgan fingerprint density at radius 2 is 2.00 bits per heavy atom. The molecule has 0 saturated heterocycles. The molecule has 4 heteroatoms. The fourth-order valence-corrected chi connectivity index (χ4v) is 0.838.